The van der Waals surface area contributed by atoms with E-state index in [1.54, 1.807) is 6.92 Å². The number of carbonyl (C=O) groups is 4. The first-order chi connectivity index (χ1) is 16.8. The molecule has 0 aromatic heterocycles. The van der Waals surface area contributed by atoms with E-state index in [0.717, 1.165) is 4.31 Å². The second-order valence-electron chi connectivity index (χ2n) is 9.39. The summed E-state index contributed by atoms with van der Waals surface area (Å²) in [6, 6.07) is -0.215. The normalized spacial score (nSPS) is 29.7. The predicted octanol–water partition coefficient (Wildman–Crippen LogP) is -2.37. The van der Waals surface area contributed by atoms with E-state index >= 15 is 0 Å². The third-order valence-corrected chi connectivity index (χ3v) is 9.17. The van der Waals surface area contributed by atoms with Crippen LogP contribution in [0.2, 0.25) is 6.32 Å². The van der Waals surface area contributed by atoms with Crippen LogP contribution in [0, 0.1) is 11.3 Å². The fourth-order valence-corrected chi connectivity index (χ4v) is 6.63. The van der Waals surface area contributed by atoms with Crippen LogP contribution in [0.1, 0.15) is 26.2 Å². The zero-order chi connectivity index (χ0) is 26.9. The summed E-state index contributed by atoms with van der Waals surface area (Å²) in [6.07, 6.45) is -0.545. The molecular formula is C19H31BN4O11S. The number of rotatable bonds is 12. The standard InChI is InChI=1S/C19H31BN4O11S/c1-2-24(13-7-22-8-13)36(32,33)23-9-12(19(21,10-23)16(29)30)4-3-5-20-34-11-18(15(27)28,6-14(25)26)17(31)35-20/h12-13,22H,2-11,21H2,1H3,(H,25,26)(H,27,28)(H,29,30)/t12-,18?,19-/m0/s1. The van der Waals surface area contributed by atoms with Gasteiger partial charge in [-0.3, -0.25) is 19.2 Å². The lowest BCUT2D eigenvalue weighted by Gasteiger charge is -2.38. The molecule has 3 aliphatic heterocycles. The molecule has 36 heavy (non-hydrogen) atoms. The summed E-state index contributed by atoms with van der Waals surface area (Å²) in [6.45, 7) is 1.76. The Balaban J connectivity index is 1.62. The number of carboxylic acid groups (broad SMARTS) is 3. The summed E-state index contributed by atoms with van der Waals surface area (Å²) in [5, 5.41) is 31.1. The number of carbonyl (C=O) groups excluding carboxylic acids is 1. The van der Waals surface area contributed by atoms with Crippen molar-refractivity contribution in [2.24, 2.45) is 17.1 Å². The average molecular weight is 534 g/mol. The van der Waals surface area contributed by atoms with Gasteiger partial charge in [0.05, 0.1) is 19.1 Å². The molecule has 202 valence electrons. The molecule has 0 radical (unpaired) electrons. The zero-order valence-electron chi connectivity index (χ0n) is 19.8. The molecule has 0 amide bonds. The molecule has 0 spiro atoms. The van der Waals surface area contributed by atoms with Crippen LogP contribution in [0.25, 0.3) is 0 Å². The second kappa shape index (κ2) is 10.6. The first-order valence-corrected chi connectivity index (χ1v) is 13.0. The topological polar surface area (TPSA) is 226 Å². The molecule has 6 N–H and O–H groups in total. The Hall–Kier alpha value is -2.31. The van der Waals surface area contributed by atoms with Gasteiger partial charge in [-0.15, -0.1) is 0 Å². The van der Waals surface area contributed by atoms with Crippen LogP contribution < -0.4 is 11.1 Å². The number of hydrogen-bond acceptors (Lipinski definition) is 10. The first-order valence-electron chi connectivity index (χ1n) is 11.6. The number of carboxylic acids is 3. The Kier molecular flexibility index (Phi) is 8.31. The molecule has 0 aromatic rings. The molecule has 3 saturated heterocycles. The Morgan fingerprint density at radius 3 is 2.39 bits per heavy atom. The van der Waals surface area contributed by atoms with E-state index in [1.165, 1.54) is 4.31 Å². The number of likely N-dealkylation sites (N-methyl/N-ethyl adjacent to an activating group) is 1. The van der Waals surface area contributed by atoms with E-state index in [1.807, 2.05) is 0 Å². The molecule has 0 aliphatic carbocycles. The van der Waals surface area contributed by atoms with E-state index in [2.05, 4.69) is 5.32 Å². The third-order valence-electron chi connectivity index (χ3n) is 7.09. The fraction of sp³-hybridized carbons (Fsp3) is 0.789. The van der Waals surface area contributed by atoms with Crippen LogP contribution in [0.3, 0.4) is 0 Å². The number of hydrogen-bond donors (Lipinski definition) is 5. The summed E-state index contributed by atoms with van der Waals surface area (Å²) in [5.74, 6) is -6.48. The van der Waals surface area contributed by atoms with Gasteiger partial charge in [-0.2, -0.15) is 17.0 Å². The molecule has 3 fully saturated rings. The molecular weight excluding hydrogens is 503 g/mol. The molecule has 0 bridgehead atoms. The predicted molar refractivity (Wildman–Crippen MR) is 122 cm³/mol. The Morgan fingerprint density at radius 1 is 1.25 bits per heavy atom. The monoisotopic (exact) mass is 534 g/mol. The maximum atomic E-state index is 13.2. The zero-order valence-corrected chi connectivity index (χ0v) is 20.6. The first kappa shape index (κ1) is 28.3. The highest BCUT2D eigenvalue weighted by Crippen LogP contribution is 2.35. The SMILES string of the molecule is CCN(C1CNC1)S(=O)(=O)N1C[C@H](CCCB2OCC(CC(=O)O)(C(=O)O)C(=O)O2)[C@](N)(C(=O)O)C1. The molecule has 3 atom stereocenters. The number of nitrogens with two attached hydrogens (primary N) is 1. The maximum Gasteiger partial charge on any atom is 0.527 e. The lowest BCUT2D eigenvalue weighted by Crippen LogP contribution is -2.61. The van der Waals surface area contributed by atoms with Crippen LogP contribution in [0.15, 0.2) is 0 Å². The van der Waals surface area contributed by atoms with Gasteiger partial charge in [0, 0.05) is 38.6 Å². The molecule has 15 nitrogen and oxygen atoms in total. The molecule has 3 aliphatic rings. The van der Waals surface area contributed by atoms with Gasteiger partial charge < -0.3 is 35.7 Å². The van der Waals surface area contributed by atoms with E-state index in [4.69, 9.17) is 20.1 Å². The van der Waals surface area contributed by atoms with Crippen molar-refractivity contribution in [3.63, 3.8) is 0 Å². The maximum absolute atomic E-state index is 13.2. The smallest absolute Gasteiger partial charge is 0.509 e. The van der Waals surface area contributed by atoms with Gasteiger partial charge in [0.15, 0.2) is 5.41 Å². The van der Waals surface area contributed by atoms with Gasteiger partial charge >= 0.3 is 31.0 Å². The molecule has 17 heteroatoms. The van der Waals surface area contributed by atoms with Crippen molar-refractivity contribution in [1.82, 2.24) is 13.9 Å². The molecule has 0 aromatic carbocycles. The minimum absolute atomic E-state index is 0.0578. The summed E-state index contributed by atoms with van der Waals surface area (Å²) in [7, 11) is -5.10. The third kappa shape index (κ3) is 5.21. The summed E-state index contributed by atoms with van der Waals surface area (Å²) in [5.41, 5.74) is 2.01. The van der Waals surface area contributed by atoms with Gasteiger partial charge in [-0.05, 0) is 12.7 Å². The largest absolute Gasteiger partial charge is 0.527 e. The Bertz CT molecular complexity index is 1010. The quantitative estimate of drug-likeness (QED) is 0.130. The van der Waals surface area contributed by atoms with Crippen LogP contribution in [0.4, 0.5) is 0 Å². The van der Waals surface area contributed by atoms with Crippen molar-refractivity contribution in [3.8, 4) is 0 Å². The van der Waals surface area contributed by atoms with Crippen molar-refractivity contribution in [2.75, 3.05) is 39.3 Å². The number of nitrogens with zero attached hydrogens (tertiary/aromatic N) is 2. The van der Waals surface area contributed by atoms with Crippen molar-refractivity contribution < 1.29 is 52.2 Å². The van der Waals surface area contributed by atoms with Crippen molar-refractivity contribution >= 4 is 41.2 Å². The minimum atomic E-state index is -3.95. The Morgan fingerprint density at radius 2 is 1.92 bits per heavy atom. The highest BCUT2D eigenvalue weighted by atomic mass is 32.2. The minimum Gasteiger partial charge on any atom is -0.509 e. The van der Waals surface area contributed by atoms with Gasteiger partial charge in [-0.25, -0.2) is 0 Å². The summed E-state index contributed by atoms with van der Waals surface area (Å²) >= 11 is 0. The van der Waals surface area contributed by atoms with Gasteiger partial charge in [-0.1, -0.05) is 13.3 Å². The second-order valence-corrected chi connectivity index (χ2v) is 11.3. The van der Waals surface area contributed by atoms with Crippen molar-refractivity contribution in [2.45, 2.75) is 44.1 Å². The lowest BCUT2D eigenvalue weighted by molar-refractivity contribution is -0.176. The van der Waals surface area contributed by atoms with Gasteiger partial charge in [0.25, 0.3) is 10.2 Å². The molecule has 0 saturated carbocycles. The highest BCUT2D eigenvalue weighted by molar-refractivity contribution is 7.86. The van der Waals surface area contributed by atoms with E-state index in [9.17, 15) is 37.8 Å². The van der Waals surface area contributed by atoms with Gasteiger partial charge in [0.2, 0.25) is 0 Å². The van der Waals surface area contributed by atoms with Crippen molar-refractivity contribution in [3.05, 3.63) is 0 Å². The van der Waals surface area contributed by atoms with Crippen molar-refractivity contribution in [1.29, 1.82) is 0 Å². The van der Waals surface area contributed by atoms with Crippen LogP contribution in [-0.2, 0) is 38.7 Å². The average Bonchev–Trinajstić information content (AvgIpc) is 3.10. The molecule has 3 heterocycles. The van der Waals surface area contributed by atoms with Crippen LogP contribution in [0.5, 0.6) is 0 Å². The van der Waals surface area contributed by atoms with E-state index in [0.29, 0.717) is 13.1 Å². The van der Waals surface area contributed by atoms with Crippen LogP contribution >= 0.6 is 0 Å². The number of nitrogens with one attached hydrogen (secondary N) is 1. The number of aliphatic carboxylic acids is 3. The highest BCUT2D eigenvalue weighted by Gasteiger charge is 2.56. The summed E-state index contributed by atoms with van der Waals surface area (Å²) in [4.78, 5) is 46.9. The van der Waals surface area contributed by atoms with Crippen LogP contribution in [-0.4, -0.2) is 114 Å². The fourth-order valence-electron chi connectivity index (χ4n) is 4.74. The van der Waals surface area contributed by atoms with E-state index < -0.39 is 77.6 Å². The van der Waals surface area contributed by atoms with Gasteiger partial charge in [0.1, 0.15) is 5.54 Å². The van der Waals surface area contributed by atoms with E-state index in [-0.39, 0.29) is 38.3 Å². The lowest BCUT2D eigenvalue weighted by atomic mass is 9.74. The molecule has 3 rings (SSSR count). The summed E-state index contributed by atoms with van der Waals surface area (Å²) < 4.78 is 39.2. The molecule has 1 unspecified atom stereocenters. The Labute approximate surface area is 208 Å².